The number of nitrogens with one attached hydrogen (secondary N) is 1. The third-order valence-corrected chi connectivity index (χ3v) is 6.25. The van der Waals surface area contributed by atoms with E-state index in [0.717, 1.165) is 10.6 Å². The van der Waals surface area contributed by atoms with Crippen molar-refractivity contribution in [1.29, 1.82) is 0 Å². The first kappa shape index (κ1) is 24.8. The average molecular weight is 495 g/mol. The van der Waals surface area contributed by atoms with Gasteiger partial charge in [0.15, 0.2) is 0 Å². The van der Waals surface area contributed by atoms with E-state index >= 15 is 0 Å². The van der Waals surface area contributed by atoms with Crippen LogP contribution in [0, 0.1) is 10.1 Å². The lowest BCUT2D eigenvalue weighted by atomic mass is 10.2. The van der Waals surface area contributed by atoms with E-state index in [4.69, 9.17) is 0 Å². The summed E-state index contributed by atoms with van der Waals surface area (Å²) < 4.78 is 4.65. The van der Waals surface area contributed by atoms with E-state index < -0.39 is 28.7 Å². The molecule has 2 aliphatic heterocycles. The molecule has 2 aliphatic rings. The minimum absolute atomic E-state index is 0.0235. The molecule has 0 radical (unpaired) electrons. The number of nitro groups is 1. The summed E-state index contributed by atoms with van der Waals surface area (Å²) in [5.41, 5.74) is 1.51. The van der Waals surface area contributed by atoms with Crippen LogP contribution in [0.25, 0.3) is 0 Å². The summed E-state index contributed by atoms with van der Waals surface area (Å²) >= 11 is 0. The monoisotopic (exact) mass is 495 g/mol. The van der Waals surface area contributed by atoms with Crippen molar-refractivity contribution < 1.29 is 28.8 Å². The molecule has 0 aliphatic carbocycles. The highest BCUT2D eigenvalue weighted by Gasteiger charge is 2.39. The maximum Gasteiger partial charge on any atom is 0.337 e. The Labute approximate surface area is 206 Å². The number of methoxy groups -OCH3 is 1. The van der Waals surface area contributed by atoms with E-state index in [2.05, 4.69) is 10.1 Å². The third-order valence-electron chi connectivity index (χ3n) is 6.25. The van der Waals surface area contributed by atoms with Gasteiger partial charge in [-0.3, -0.25) is 29.8 Å². The number of nitrogens with zero attached hydrogens (tertiary/aromatic N) is 4. The van der Waals surface area contributed by atoms with Gasteiger partial charge in [-0.25, -0.2) is 9.69 Å². The molecule has 12 nitrogen and oxygen atoms in total. The van der Waals surface area contributed by atoms with Crippen molar-refractivity contribution in [3.05, 3.63) is 64.2 Å². The van der Waals surface area contributed by atoms with Crippen LogP contribution in [-0.2, 0) is 19.1 Å². The van der Waals surface area contributed by atoms with Crippen molar-refractivity contribution in [2.75, 3.05) is 49.6 Å². The van der Waals surface area contributed by atoms with Gasteiger partial charge in [-0.2, -0.15) is 0 Å². The number of hydrogen-bond donors (Lipinski definition) is 1. The van der Waals surface area contributed by atoms with E-state index in [1.165, 1.54) is 43.5 Å². The molecule has 1 atom stereocenters. The lowest BCUT2D eigenvalue weighted by Gasteiger charge is -2.36. The number of esters is 1. The van der Waals surface area contributed by atoms with Gasteiger partial charge in [0.05, 0.1) is 42.3 Å². The van der Waals surface area contributed by atoms with E-state index in [0.29, 0.717) is 37.4 Å². The quantitative estimate of drug-likeness (QED) is 0.257. The number of carbonyl (C=O) groups excluding carboxylic acids is 4. The smallest absolute Gasteiger partial charge is 0.337 e. The molecule has 2 fully saturated rings. The van der Waals surface area contributed by atoms with Crippen molar-refractivity contribution in [3.63, 3.8) is 0 Å². The van der Waals surface area contributed by atoms with Crippen molar-refractivity contribution in [1.82, 2.24) is 10.2 Å². The molecule has 1 N–H and O–H groups in total. The summed E-state index contributed by atoms with van der Waals surface area (Å²) in [6.07, 6.45) is -0.0706. The Balaban J connectivity index is 1.28. The van der Waals surface area contributed by atoms with E-state index in [1.807, 2.05) is 4.90 Å². The van der Waals surface area contributed by atoms with Gasteiger partial charge in [0.2, 0.25) is 11.8 Å². The molecular formula is C24H25N5O7. The van der Waals surface area contributed by atoms with Crippen LogP contribution in [0.3, 0.4) is 0 Å². The maximum atomic E-state index is 12.8. The van der Waals surface area contributed by atoms with Crippen LogP contribution < -0.4 is 15.1 Å². The number of amides is 3. The predicted molar refractivity (Wildman–Crippen MR) is 129 cm³/mol. The second kappa shape index (κ2) is 10.5. The molecule has 3 amide bonds. The van der Waals surface area contributed by atoms with Crippen molar-refractivity contribution in [3.8, 4) is 0 Å². The zero-order valence-electron chi connectivity index (χ0n) is 19.6. The van der Waals surface area contributed by atoms with Crippen molar-refractivity contribution in [2.24, 2.45) is 0 Å². The molecule has 4 rings (SSSR count). The molecule has 0 saturated carbocycles. The number of nitro benzene ring substituents is 1. The molecule has 2 aromatic rings. The Morgan fingerprint density at radius 1 is 1.00 bits per heavy atom. The van der Waals surface area contributed by atoms with Crippen LogP contribution in [0.4, 0.5) is 17.1 Å². The van der Waals surface area contributed by atoms with Gasteiger partial charge < -0.3 is 14.5 Å². The van der Waals surface area contributed by atoms with E-state index in [-0.39, 0.29) is 24.6 Å². The Morgan fingerprint density at radius 2 is 1.61 bits per heavy atom. The van der Waals surface area contributed by atoms with Gasteiger partial charge in [0.1, 0.15) is 0 Å². The highest BCUT2D eigenvalue weighted by atomic mass is 16.6. The molecule has 188 valence electrons. The van der Waals surface area contributed by atoms with Gasteiger partial charge in [-0.05, 0) is 36.4 Å². The molecule has 0 aromatic heterocycles. The maximum absolute atomic E-state index is 12.8. The summed E-state index contributed by atoms with van der Waals surface area (Å²) in [5, 5.41) is 13.7. The number of anilines is 2. The Morgan fingerprint density at radius 3 is 2.19 bits per heavy atom. The number of carbonyl (C=O) groups is 4. The number of rotatable bonds is 7. The summed E-state index contributed by atoms with van der Waals surface area (Å²) in [7, 11) is 1.26. The first-order chi connectivity index (χ1) is 17.3. The molecule has 2 saturated heterocycles. The zero-order chi connectivity index (χ0) is 25.8. The lowest BCUT2D eigenvalue weighted by Crippen LogP contribution is -2.52. The highest BCUT2D eigenvalue weighted by Crippen LogP contribution is 2.24. The summed E-state index contributed by atoms with van der Waals surface area (Å²) in [6, 6.07) is 11.4. The molecule has 2 aromatic carbocycles. The Hall–Kier alpha value is -4.32. The standard InChI is InChI=1S/C24H25N5O7/c1-36-24(33)16-2-4-18(5-3-16)28-21(30)14-20(23(28)32)25-15-22(31)27-12-10-26(11-13-27)17-6-8-19(9-7-17)29(34)35/h2-9,20,25H,10-15H2,1H3. The van der Waals surface area contributed by atoms with Gasteiger partial charge in [-0.15, -0.1) is 0 Å². The number of piperazine rings is 1. The summed E-state index contributed by atoms with van der Waals surface area (Å²) in [4.78, 5) is 64.7. The molecule has 2 heterocycles. The number of imide groups is 1. The molecule has 1 unspecified atom stereocenters. The fourth-order valence-corrected chi connectivity index (χ4v) is 4.25. The molecule has 0 spiro atoms. The van der Waals surface area contributed by atoms with Crippen LogP contribution in [-0.4, -0.2) is 79.4 Å². The second-order valence-electron chi connectivity index (χ2n) is 8.38. The minimum Gasteiger partial charge on any atom is -0.465 e. The Kier molecular flexibility index (Phi) is 7.25. The number of benzene rings is 2. The molecule has 0 bridgehead atoms. The topological polar surface area (TPSA) is 142 Å². The van der Waals surface area contributed by atoms with Crippen molar-refractivity contribution in [2.45, 2.75) is 12.5 Å². The Bertz CT molecular complexity index is 1170. The number of non-ortho nitro benzene ring substituents is 1. The van der Waals surface area contributed by atoms with Crippen LogP contribution >= 0.6 is 0 Å². The van der Waals surface area contributed by atoms with Crippen LogP contribution in [0.2, 0.25) is 0 Å². The van der Waals surface area contributed by atoms with E-state index in [9.17, 15) is 29.3 Å². The van der Waals surface area contributed by atoms with Crippen LogP contribution in [0.5, 0.6) is 0 Å². The second-order valence-corrected chi connectivity index (χ2v) is 8.38. The van der Waals surface area contributed by atoms with E-state index in [1.54, 1.807) is 17.0 Å². The van der Waals surface area contributed by atoms with Crippen molar-refractivity contribution >= 4 is 40.8 Å². The number of hydrogen-bond acceptors (Lipinski definition) is 9. The van der Waals surface area contributed by atoms with Crippen LogP contribution in [0.15, 0.2) is 48.5 Å². The fraction of sp³-hybridized carbons (Fsp3) is 0.333. The summed E-state index contributed by atoms with van der Waals surface area (Å²) in [5.74, 6) is -1.55. The molecule has 36 heavy (non-hydrogen) atoms. The third kappa shape index (κ3) is 5.18. The number of ether oxygens (including phenoxy) is 1. The summed E-state index contributed by atoms with van der Waals surface area (Å²) in [6.45, 7) is 1.98. The predicted octanol–water partition coefficient (Wildman–Crippen LogP) is 0.952. The SMILES string of the molecule is COC(=O)c1ccc(N2C(=O)CC(NCC(=O)N3CCN(c4ccc([N+](=O)[O-])cc4)CC3)C2=O)cc1. The first-order valence-corrected chi connectivity index (χ1v) is 11.3. The van der Waals surface area contributed by atoms with Crippen LogP contribution in [0.1, 0.15) is 16.8 Å². The molecular weight excluding hydrogens is 470 g/mol. The first-order valence-electron chi connectivity index (χ1n) is 11.3. The average Bonchev–Trinajstić information content (AvgIpc) is 3.19. The van der Waals surface area contributed by atoms with Gasteiger partial charge >= 0.3 is 5.97 Å². The zero-order valence-corrected chi connectivity index (χ0v) is 19.6. The van der Waals surface area contributed by atoms with Gasteiger partial charge in [0, 0.05) is 44.0 Å². The minimum atomic E-state index is -0.817. The van der Waals surface area contributed by atoms with Gasteiger partial charge in [-0.1, -0.05) is 0 Å². The fourth-order valence-electron chi connectivity index (χ4n) is 4.25. The highest BCUT2D eigenvalue weighted by molar-refractivity contribution is 6.22. The normalized spacial score (nSPS) is 17.9. The lowest BCUT2D eigenvalue weighted by molar-refractivity contribution is -0.384. The largest absolute Gasteiger partial charge is 0.465 e. The van der Waals surface area contributed by atoms with Gasteiger partial charge in [0.25, 0.3) is 11.6 Å². The molecule has 12 heteroatoms.